The van der Waals surface area contributed by atoms with Gasteiger partial charge >= 0.3 is 0 Å². The third kappa shape index (κ3) is 4.43. The van der Waals surface area contributed by atoms with Crippen LogP contribution in [-0.2, 0) is 0 Å². The summed E-state index contributed by atoms with van der Waals surface area (Å²) in [5.74, 6) is 0. The Kier molecular flexibility index (Phi) is 6.21. The first kappa shape index (κ1) is 24.2. The van der Waals surface area contributed by atoms with Crippen LogP contribution in [0.25, 0.3) is 39.7 Å². The van der Waals surface area contributed by atoms with Gasteiger partial charge in [0.2, 0.25) is 0 Å². The molecule has 3 aromatic carbocycles. The number of fused-ring (bicyclic) bond motifs is 2. The molecule has 4 aromatic heterocycles. The lowest BCUT2D eigenvalue weighted by atomic mass is 10.1. The lowest BCUT2D eigenvalue weighted by Crippen LogP contribution is -2.09. The molecule has 0 aliphatic rings. The summed E-state index contributed by atoms with van der Waals surface area (Å²) >= 11 is 6.54. The van der Waals surface area contributed by atoms with Gasteiger partial charge in [0.15, 0.2) is 12.6 Å². The Bertz CT molecular complexity index is 1910. The van der Waals surface area contributed by atoms with Crippen LogP contribution in [0.2, 0.25) is 0 Å². The second-order valence-electron chi connectivity index (χ2n) is 8.98. The smallest absolute Gasteiger partial charge is 0.160 e. The number of hydrogen-bond acceptors (Lipinski definition) is 7. The molecule has 7 rings (SSSR count). The SMILES string of the molecule is O=Cc1cc2sc(-c3ccc(N(c4ccccc4)c4ccc(-c5cc6scc(C=O)c6s5)cc4)cc3)cc2s1. The number of carbonyl (C=O) groups is 2. The predicted octanol–water partition coefficient (Wildman–Crippen LogP) is 10.7. The van der Waals surface area contributed by atoms with Gasteiger partial charge in [-0.1, -0.05) is 42.5 Å². The Morgan fingerprint density at radius 1 is 0.564 bits per heavy atom. The number of rotatable bonds is 7. The van der Waals surface area contributed by atoms with Crippen LogP contribution in [0.1, 0.15) is 20.0 Å². The molecule has 0 saturated heterocycles. The molecule has 188 valence electrons. The van der Waals surface area contributed by atoms with E-state index in [-0.39, 0.29) is 0 Å². The number of thiophene rings is 4. The second kappa shape index (κ2) is 10.0. The zero-order valence-corrected chi connectivity index (χ0v) is 23.6. The van der Waals surface area contributed by atoms with E-state index < -0.39 is 0 Å². The molecule has 0 fully saturated rings. The molecule has 0 unspecified atom stereocenters. The number of anilines is 3. The molecular weight excluding hydrogens is 559 g/mol. The van der Waals surface area contributed by atoms with E-state index in [0.717, 1.165) is 70.0 Å². The van der Waals surface area contributed by atoms with Gasteiger partial charge in [0.05, 0.1) is 9.58 Å². The van der Waals surface area contributed by atoms with Crippen molar-refractivity contribution in [2.75, 3.05) is 4.90 Å². The summed E-state index contributed by atoms with van der Waals surface area (Å²) in [4.78, 5) is 27.9. The molecule has 39 heavy (non-hydrogen) atoms. The lowest BCUT2D eigenvalue weighted by Gasteiger charge is -2.25. The van der Waals surface area contributed by atoms with Crippen LogP contribution in [0.3, 0.4) is 0 Å². The third-order valence-electron chi connectivity index (χ3n) is 6.58. The van der Waals surface area contributed by atoms with E-state index in [1.54, 1.807) is 34.0 Å². The van der Waals surface area contributed by atoms with Crippen molar-refractivity contribution in [2.45, 2.75) is 0 Å². The number of hydrogen-bond donors (Lipinski definition) is 0. The maximum Gasteiger partial charge on any atom is 0.160 e. The Morgan fingerprint density at radius 2 is 1.15 bits per heavy atom. The van der Waals surface area contributed by atoms with E-state index in [2.05, 4.69) is 89.8 Å². The van der Waals surface area contributed by atoms with E-state index in [1.807, 2.05) is 17.5 Å². The minimum Gasteiger partial charge on any atom is -0.311 e. The summed E-state index contributed by atoms with van der Waals surface area (Å²) in [5, 5.41) is 1.93. The molecule has 0 amide bonds. The molecule has 0 radical (unpaired) electrons. The molecule has 0 bridgehead atoms. The van der Waals surface area contributed by atoms with Gasteiger partial charge in [-0.2, -0.15) is 0 Å². The van der Waals surface area contributed by atoms with Crippen molar-refractivity contribution in [3.05, 3.63) is 113 Å². The predicted molar refractivity (Wildman–Crippen MR) is 169 cm³/mol. The number of aldehydes is 2. The van der Waals surface area contributed by atoms with E-state index >= 15 is 0 Å². The molecule has 7 aromatic rings. The largest absolute Gasteiger partial charge is 0.311 e. The quantitative estimate of drug-likeness (QED) is 0.177. The van der Waals surface area contributed by atoms with Gasteiger partial charge in [-0.3, -0.25) is 9.59 Å². The van der Waals surface area contributed by atoms with Crippen LogP contribution >= 0.6 is 45.3 Å². The standard InChI is InChI=1S/C32H19NO2S4/c34-17-22-19-36-31-16-28(39-32(22)31)21-8-12-25(13-9-21)33(23-4-2-1-3-5-23)24-10-6-20(7-11-24)27-15-30-29(38-27)14-26(18-35)37-30/h1-19H. The van der Waals surface area contributed by atoms with Crippen LogP contribution in [0.5, 0.6) is 0 Å². The highest BCUT2D eigenvalue weighted by molar-refractivity contribution is 7.30. The Morgan fingerprint density at radius 3 is 1.77 bits per heavy atom. The van der Waals surface area contributed by atoms with Crippen molar-refractivity contribution in [1.82, 2.24) is 0 Å². The van der Waals surface area contributed by atoms with E-state index in [4.69, 9.17) is 0 Å². The average molecular weight is 578 g/mol. The Labute approximate surface area is 240 Å². The Balaban J connectivity index is 1.22. The fourth-order valence-corrected chi connectivity index (χ4v) is 9.21. The average Bonchev–Trinajstić information content (AvgIpc) is 3.75. The maximum absolute atomic E-state index is 11.4. The van der Waals surface area contributed by atoms with E-state index in [0.29, 0.717) is 0 Å². The van der Waals surface area contributed by atoms with Gasteiger partial charge in [-0.25, -0.2) is 0 Å². The molecule has 0 spiro atoms. The van der Waals surface area contributed by atoms with Crippen LogP contribution < -0.4 is 4.90 Å². The van der Waals surface area contributed by atoms with Crippen LogP contribution in [-0.4, -0.2) is 12.6 Å². The zero-order valence-electron chi connectivity index (χ0n) is 20.4. The molecule has 0 saturated carbocycles. The molecular formula is C32H19NO2S4. The molecule has 0 aliphatic carbocycles. The lowest BCUT2D eigenvalue weighted by molar-refractivity contribution is 0.111. The first-order chi connectivity index (χ1) is 19.2. The van der Waals surface area contributed by atoms with Gasteiger partial charge in [-0.05, 0) is 65.7 Å². The van der Waals surface area contributed by atoms with Crippen molar-refractivity contribution in [1.29, 1.82) is 0 Å². The second-order valence-corrected chi connectivity index (χ2v) is 13.1. The monoisotopic (exact) mass is 577 g/mol. The molecule has 0 aliphatic heterocycles. The number of para-hydroxylation sites is 1. The van der Waals surface area contributed by atoms with Crippen molar-refractivity contribution >= 4 is 93.8 Å². The summed E-state index contributed by atoms with van der Waals surface area (Å²) in [6.45, 7) is 0. The number of benzene rings is 3. The van der Waals surface area contributed by atoms with Crippen LogP contribution in [0.15, 0.2) is 102 Å². The minimum absolute atomic E-state index is 0.771. The van der Waals surface area contributed by atoms with Gasteiger partial charge in [0.25, 0.3) is 0 Å². The van der Waals surface area contributed by atoms with Crippen molar-refractivity contribution in [3.8, 4) is 20.9 Å². The molecule has 3 nitrogen and oxygen atoms in total. The van der Waals surface area contributed by atoms with Gasteiger partial charge in [0.1, 0.15) is 0 Å². The van der Waals surface area contributed by atoms with Crippen molar-refractivity contribution < 1.29 is 9.59 Å². The van der Waals surface area contributed by atoms with Gasteiger partial charge < -0.3 is 4.90 Å². The van der Waals surface area contributed by atoms with Crippen molar-refractivity contribution in [3.63, 3.8) is 0 Å². The third-order valence-corrected chi connectivity index (χ3v) is 11.2. The van der Waals surface area contributed by atoms with E-state index in [1.165, 1.54) is 21.1 Å². The molecule has 7 heteroatoms. The number of nitrogens with zero attached hydrogens (tertiary/aromatic N) is 1. The highest BCUT2D eigenvalue weighted by Crippen LogP contribution is 2.42. The molecule has 0 atom stereocenters. The fraction of sp³-hybridized carbons (Fsp3) is 0. The summed E-state index contributed by atoms with van der Waals surface area (Å²) in [6, 6.07) is 34.0. The van der Waals surface area contributed by atoms with Crippen molar-refractivity contribution in [2.24, 2.45) is 0 Å². The highest BCUT2D eigenvalue weighted by Gasteiger charge is 2.15. The molecule has 0 N–H and O–H groups in total. The maximum atomic E-state index is 11.4. The molecule has 4 heterocycles. The normalized spacial score (nSPS) is 11.3. The topological polar surface area (TPSA) is 37.4 Å². The van der Waals surface area contributed by atoms with Gasteiger partial charge in [0, 0.05) is 51.9 Å². The van der Waals surface area contributed by atoms with Gasteiger partial charge in [-0.15, -0.1) is 45.3 Å². The first-order valence-electron chi connectivity index (χ1n) is 12.2. The minimum atomic E-state index is 0.771. The van der Waals surface area contributed by atoms with E-state index in [9.17, 15) is 9.59 Å². The summed E-state index contributed by atoms with van der Waals surface area (Å²) in [5.41, 5.74) is 6.31. The summed E-state index contributed by atoms with van der Waals surface area (Å²) in [7, 11) is 0. The highest BCUT2D eigenvalue weighted by atomic mass is 32.1. The summed E-state index contributed by atoms with van der Waals surface area (Å²) in [6.07, 6.45) is 1.86. The number of carbonyl (C=O) groups excluding carboxylic acids is 2. The summed E-state index contributed by atoms with van der Waals surface area (Å²) < 4.78 is 4.53. The van der Waals surface area contributed by atoms with Crippen LogP contribution in [0.4, 0.5) is 17.1 Å². The Hall–Kier alpha value is -3.88. The fourth-order valence-electron chi connectivity index (χ4n) is 4.70. The van der Waals surface area contributed by atoms with Crippen LogP contribution in [0, 0.1) is 0 Å². The zero-order chi connectivity index (χ0) is 26.3. The first-order valence-corrected chi connectivity index (χ1v) is 15.5.